The summed E-state index contributed by atoms with van der Waals surface area (Å²) in [6.45, 7) is 12.6. The summed E-state index contributed by atoms with van der Waals surface area (Å²) >= 11 is 0. The van der Waals surface area contributed by atoms with Crippen molar-refractivity contribution in [2.45, 2.75) is 266 Å². The van der Waals surface area contributed by atoms with Crippen LogP contribution in [0, 0.1) is 0 Å². The second-order valence-corrected chi connectivity index (χ2v) is 24.9. The minimum absolute atomic E-state index is 0.0227. The molecule has 2 aliphatic carbocycles. The molecular formula is C60H88N2O22. The van der Waals surface area contributed by atoms with Gasteiger partial charge in [0.2, 0.25) is 11.6 Å². The second kappa shape index (κ2) is 25.4. The fourth-order valence-electron chi connectivity index (χ4n) is 13.8. The number of aliphatic hydroxyl groups is 4. The lowest BCUT2D eigenvalue weighted by Crippen LogP contribution is -2.58. The number of hydrogen-bond donors (Lipinski definition) is 8. The minimum Gasteiger partial charge on any atom is -0.507 e. The monoisotopic (exact) mass is 1190 g/mol. The molecule has 6 heterocycles. The van der Waals surface area contributed by atoms with Gasteiger partial charge in [-0.1, -0.05) is 6.92 Å². The Balaban J connectivity index is 0.898. The van der Waals surface area contributed by atoms with E-state index in [2.05, 4.69) is 0 Å². The van der Waals surface area contributed by atoms with Crippen molar-refractivity contribution >= 4 is 11.6 Å². The van der Waals surface area contributed by atoms with E-state index in [9.17, 15) is 50.4 Å². The first kappa shape index (κ1) is 63.3. The molecule has 470 valence electrons. The number of carbonyl (C=O) groups excluding carboxylic acids is 2. The van der Waals surface area contributed by atoms with Gasteiger partial charge in [-0.2, -0.15) is 0 Å². The summed E-state index contributed by atoms with van der Waals surface area (Å²) in [6, 6.07) is 1.30. The van der Waals surface area contributed by atoms with Gasteiger partial charge in [0.05, 0.1) is 95.0 Å². The molecule has 2 aromatic rings. The molecule has 6 fully saturated rings. The Morgan fingerprint density at radius 3 is 1.38 bits per heavy atom. The van der Waals surface area contributed by atoms with E-state index in [-0.39, 0.29) is 67.6 Å². The maximum Gasteiger partial charge on any atom is 0.202 e. The molecule has 0 amide bonds. The number of phenolic OH excluding ortho intramolecular Hbond substituents is 4. The molecule has 0 radical (unpaired) electrons. The number of likely N-dealkylation sites (N-methyl/N-ethyl adjacent to an activating group) is 2. The van der Waals surface area contributed by atoms with Crippen LogP contribution in [0.1, 0.15) is 174 Å². The van der Waals surface area contributed by atoms with E-state index < -0.39 is 179 Å². The van der Waals surface area contributed by atoms with Gasteiger partial charge in [-0.15, -0.1) is 0 Å². The smallest absolute Gasteiger partial charge is 0.202 e. The van der Waals surface area contributed by atoms with Crippen LogP contribution in [0.3, 0.4) is 0 Å². The summed E-state index contributed by atoms with van der Waals surface area (Å²) in [4.78, 5) is 33.1. The highest BCUT2D eigenvalue weighted by molar-refractivity contribution is 6.32. The van der Waals surface area contributed by atoms with Crippen molar-refractivity contribution in [3.63, 3.8) is 0 Å². The first-order chi connectivity index (χ1) is 39.8. The molecule has 24 heteroatoms. The lowest BCUT2D eigenvalue weighted by atomic mass is 9.70. The number of phenols is 4. The zero-order valence-electron chi connectivity index (χ0n) is 49.9. The SMILES string of the molecule is CCC1(O)CC(OC2CC(N(C)C)C(OC3CC(O)C(OC4CCC(O)C(C)O4)C(C)O3)C(C)O2)c2c(O)c3c(c(O)c2C1OC1CC(N(C)C)C(OC2CCC(OC4CCC(O)C(C)O4)C(C)O2)C(C)O1)C(=O)c1c(O)ccc(O)c1C3=O. The minimum atomic E-state index is -1.93. The molecule has 10 rings (SSSR count). The Morgan fingerprint density at radius 1 is 0.488 bits per heavy atom. The van der Waals surface area contributed by atoms with Gasteiger partial charge < -0.3 is 107 Å². The van der Waals surface area contributed by atoms with Crippen LogP contribution in [-0.4, -0.2) is 225 Å². The zero-order valence-corrected chi connectivity index (χ0v) is 49.9. The maximum atomic E-state index is 14.6. The molecule has 6 saturated heterocycles. The van der Waals surface area contributed by atoms with Crippen molar-refractivity contribution in [1.29, 1.82) is 0 Å². The molecule has 84 heavy (non-hydrogen) atoms. The average molecular weight is 1190 g/mol. The predicted molar refractivity (Wildman–Crippen MR) is 294 cm³/mol. The van der Waals surface area contributed by atoms with Crippen LogP contribution >= 0.6 is 0 Å². The maximum absolute atomic E-state index is 14.6. The largest absolute Gasteiger partial charge is 0.507 e. The van der Waals surface area contributed by atoms with Crippen LogP contribution in [0.2, 0.25) is 0 Å². The zero-order chi connectivity index (χ0) is 60.5. The van der Waals surface area contributed by atoms with Gasteiger partial charge in [0.25, 0.3) is 0 Å². The van der Waals surface area contributed by atoms with E-state index in [0.717, 1.165) is 12.1 Å². The number of aromatic hydroxyl groups is 4. The number of benzene rings is 2. The number of fused-ring (bicyclic) bond motifs is 3. The first-order valence-electron chi connectivity index (χ1n) is 30.0. The van der Waals surface area contributed by atoms with E-state index in [4.69, 9.17) is 56.8 Å². The standard InChI is InChI=1S/C60H88N2O22/c1-12-60(72)24-39(80-43-21-31(61(8)9)57(29(6)76-43)83-45-23-37(67)58(30(7)78-45)82-41-19-16-34(64)26(3)74-41)48-51(55(71)50-49(54(48)70)52(68)46-35(65)13-14-36(66)47(46)53(50)69)59(60)84-44-22-32(62(10)11)56(28(5)77-44)81-42-20-17-38(27(4)75-42)79-40-18-15-33(63)25(2)73-40/h13-14,25-34,37-45,56-59,63-67,70-72H,12,15-24H2,1-11H3. The lowest BCUT2D eigenvalue weighted by molar-refractivity contribution is -0.330. The van der Waals surface area contributed by atoms with Crippen LogP contribution in [0.25, 0.3) is 0 Å². The van der Waals surface area contributed by atoms with E-state index in [1.165, 1.54) is 0 Å². The molecule has 6 aliphatic heterocycles. The normalized spacial score (nSPS) is 41.9. The molecule has 0 saturated carbocycles. The summed E-state index contributed by atoms with van der Waals surface area (Å²) in [5.74, 6) is -4.99. The van der Waals surface area contributed by atoms with E-state index in [1.54, 1.807) is 27.7 Å². The van der Waals surface area contributed by atoms with E-state index in [1.807, 2.05) is 58.8 Å². The number of carbonyl (C=O) groups is 2. The summed E-state index contributed by atoms with van der Waals surface area (Å²) in [5.41, 5.74) is -4.81. The summed E-state index contributed by atoms with van der Waals surface area (Å²) < 4.78 is 77.2. The van der Waals surface area contributed by atoms with Crippen molar-refractivity contribution in [2.75, 3.05) is 28.2 Å². The van der Waals surface area contributed by atoms with E-state index in [0.29, 0.717) is 38.5 Å². The number of nitrogens with zero attached hydrogens (tertiary/aromatic N) is 2. The summed E-state index contributed by atoms with van der Waals surface area (Å²) in [5, 5.41) is 92.1. The van der Waals surface area contributed by atoms with Crippen molar-refractivity contribution in [3.05, 3.63) is 45.5 Å². The highest BCUT2D eigenvalue weighted by atomic mass is 16.8. The quantitative estimate of drug-likeness (QED) is 0.0978. The highest BCUT2D eigenvalue weighted by Crippen LogP contribution is 2.59. The van der Waals surface area contributed by atoms with Gasteiger partial charge in [-0.25, -0.2) is 0 Å². The first-order valence-corrected chi connectivity index (χ1v) is 30.0. The third kappa shape index (κ3) is 12.4. The fourth-order valence-corrected chi connectivity index (χ4v) is 13.8. The molecule has 24 atom stereocenters. The van der Waals surface area contributed by atoms with Crippen LogP contribution in [0.4, 0.5) is 0 Å². The number of aliphatic hydroxyl groups excluding tert-OH is 3. The van der Waals surface area contributed by atoms with Gasteiger partial charge in [-0.3, -0.25) is 9.59 Å². The molecule has 0 aromatic heterocycles. The highest BCUT2D eigenvalue weighted by Gasteiger charge is 2.56. The predicted octanol–water partition coefficient (Wildman–Crippen LogP) is 4.41. The van der Waals surface area contributed by atoms with Crippen molar-refractivity contribution in [2.24, 2.45) is 0 Å². The number of ether oxygens (including phenoxy) is 12. The molecule has 24 unspecified atom stereocenters. The summed E-state index contributed by atoms with van der Waals surface area (Å²) in [7, 11) is 7.50. The Hall–Kier alpha value is -3.74. The molecule has 8 aliphatic rings. The number of rotatable bonds is 15. The van der Waals surface area contributed by atoms with Crippen LogP contribution in [0.15, 0.2) is 12.1 Å². The summed E-state index contributed by atoms with van der Waals surface area (Å²) in [6.07, 6.45) is -11.6. The number of ketones is 2. The molecule has 24 nitrogen and oxygen atoms in total. The Kier molecular flexibility index (Phi) is 19.1. The van der Waals surface area contributed by atoms with Gasteiger partial charge in [0.15, 0.2) is 37.7 Å². The molecule has 8 N–H and O–H groups in total. The Morgan fingerprint density at radius 2 is 0.905 bits per heavy atom. The molecule has 0 spiro atoms. The van der Waals surface area contributed by atoms with Gasteiger partial charge in [0, 0.05) is 68.2 Å². The molecular weight excluding hydrogens is 1100 g/mol. The van der Waals surface area contributed by atoms with Crippen molar-refractivity contribution in [3.8, 4) is 23.0 Å². The second-order valence-electron chi connectivity index (χ2n) is 24.9. The molecule has 0 bridgehead atoms. The Bertz CT molecular complexity index is 2670. The topological polar surface area (TPSA) is 313 Å². The van der Waals surface area contributed by atoms with Crippen LogP contribution in [-0.2, 0) is 56.8 Å². The third-order valence-electron chi connectivity index (χ3n) is 18.7. The van der Waals surface area contributed by atoms with Gasteiger partial charge in [0.1, 0.15) is 47.4 Å². The van der Waals surface area contributed by atoms with Crippen molar-refractivity contribution in [1.82, 2.24) is 9.80 Å². The Labute approximate surface area is 490 Å². The number of hydrogen-bond acceptors (Lipinski definition) is 24. The van der Waals surface area contributed by atoms with Gasteiger partial charge in [-0.05, 0) is 108 Å². The van der Waals surface area contributed by atoms with Gasteiger partial charge >= 0.3 is 0 Å². The average Bonchev–Trinajstić information content (AvgIpc) is 0.735. The van der Waals surface area contributed by atoms with E-state index >= 15 is 0 Å². The third-order valence-corrected chi connectivity index (χ3v) is 18.7. The molecule has 2 aromatic carbocycles. The lowest BCUT2D eigenvalue weighted by Gasteiger charge is -2.50. The van der Waals surface area contributed by atoms with Crippen molar-refractivity contribution < 1.29 is 107 Å². The fraction of sp³-hybridized carbons (Fsp3) is 0.767. The van der Waals surface area contributed by atoms with Crippen LogP contribution in [0.5, 0.6) is 23.0 Å². The van der Waals surface area contributed by atoms with Crippen LogP contribution < -0.4 is 0 Å².